The van der Waals surface area contributed by atoms with Gasteiger partial charge in [0.2, 0.25) is 10.0 Å². The summed E-state index contributed by atoms with van der Waals surface area (Å²) in [5.41, 5.74) is 0.336. The van der Waals surface area contributed by atoms with Gasteiger partial charge < -0.3 is 0 Å². The van der Waals surface area contributed by atoms with Crippen molar-refractivity contribution in [2.45, 2.75) is 24.7 Å². The van der Waals surface area contributed by atoms with E-state index in [9.17, 15) is 8.42 Å². The number of sulfonamides is 1. The number of benzene rings is 1. The third-order valence-electron chi connectivity index (χ3n) is 2.17. The van der Waals surface area contributed by atoms with Crippen LogP contribution in [0.2, 0.25) is 5.02 Å². The molecular weight excluding hydrogens is 260 g/mol. The fraction of sp³-hybridized carbons (Fsp3) is 0.364. The molecule has 0 aliphatic rings. The largest absolute Gasteiger partial charge is 0.242 e. The average Bonchev–Trinajstić information content (AvgIpc) is 2.28. The van der Waals surface area contributed by atoms with Crippen LogP contribution in [0.3, 0.4) is 0 Å². The van der Waals surface area contributed by atoms with E-state index in [-0.39, 0.29) is 9.92 Å². The molecule has 92 valence electrons. The van der Waals surface area contributed by atoms with Crippen LogP contribution in [0.25, 0.3) is 0 Å². The highest BCUT2D eigenvalue weighted by Gasteiger charge is 2.17. The van der Waals surface area contributed by atoms with Crippen LogP contribution in [0.5, 0.6) is 0 Å². The van der Waals surface area contributed by atoms with E-state index in [4.69, 9.17) is 16.9 Å². The van der Waals surface area contributed by atoms with Crippen LogP contribution in [-0.4, -0.2) is 15.0 Å². The molecule has 0 aromatic heterocycles. The molecule has 0 aliphatic carbocycles. The molecule has 1 N–H and O–H groups in total. The van der Waals surface area contributed by atoms with Gasteiger partial charge in [0.15, 0.2) is 0 Å². The zero-order valence-electron chi connectivity index (χ0n) is 9.40. The van der Waals surface area contributed by atoms with Gasteiger partial charge in [-0.15, -0.1) is 0 Å². The minimum absolute atomic E-state index is 0.00858. The van der Waals surface area contributed by atoms with Gasteiger partial charge in [-0.3, -0.25) is 0 Å². The Morgan fingerprint density at radius 1 is 1.47 bits per heavy atom. The van der Waals surface area contributed by atoms with Crippen molar-refractivity contribution in [3.05, 3.63) is 28.8 Å². The van der Waals surface area contributed by atoms with Gasteiger partial charge in [0.05, 0.1) is 16.7 Å². The first-order chi connectivity index (χ1) is 8.01. The van der Waals surface area contributed by atoms with Crippen molar-refractivity contribution in [1.82, 2.24) is 4.72 Å². The maximum Gasteiger partial charge on any atom is 0.242 e. The van der Waals surface area contributed by atoms with E-state index in [2.05, 4.69) is 4.72 Å². The van der Waals surface area contributed by atoms with Crippen LogP contribution in [-0.2, 0) is 10.0 Å². The van der Waals surface area contributed by atoms with Gasteiger partial charge in [-0.25, -0.2) is 13.1 Å². The fourth-order valence-electron chi connectivity index (χ4n) is 1.25. The first kappa shape index (κ1) is 14.0. The Morgan fingerprint density at radius 3 is 2.71 bits per heavy atom. The third-order valence-corrected chi connectivity index (χ3v) is 4.12. The first-order valence-corrected chi connectivity index (χ1v) is 7.06. The monoisotopic (exact) mass is 272 g/mol. The summed E-state index contributed by atoms with van der Waals surface area (Å²) in [6.07, 6.45) is 1.68. The molecular formula is C11H13ClN2O2S. The smallest absolute Gasteiger partial charge is 0.211 e. The van der Waals surface area contributed by atoms with Gasteiger partial charge in [-0.1, -0.05) is 24.9 Å². The van der Waals surface area contributed by atoms with Gasteiger partial charge in [-0.05, 0) is 24.6 Å². The topological polar surface area (TPSA) is 70.0 Å². The number of rotatable bonds is 5. The highest BCUT2D eigenvalue weighted by Crippen LogP contribution is 2.22. The van der Waals surface area contributed by atoms with Crippen LogP contribution in [0.4, 0.5) is 0 Å². The number of unbranched alkanes of at least 4 members (excludes halogenated alkanes) is 1. The summed E-state index contributed by atoms with van der Waals surface area (Å²) in [5.74, 6) is 0. The van der Waals surface area contributed by atoms with Crippen LogP contribution in [0.15, 0.2) is 23.1 Å². The number of nitrogens with one attached hydrogen (secondary N) is 1. The van der Waals surface area contributed by atoms with E-state index < -0.39 is 10.0 Å². The minimum atomic E-state index is -3.58. The molecule has 0 bridgehead atoms. The highest BCUT2D eigenvalue weighted by molar-refractivity contribution is 7.89. The summed E-state index contributed by atoms with van der Waals surface area (Å²) < 4.78 is 26.2. The van der Waals surface area contributed by atoms with E-state index in [0.29, 0.717) is 12.1 Å². The summed E-state index contributed by atoms with van der Waals surface area (Å²) in [6.45, 7) is 2.36. The zero-order chi connectivity index (χ0) is 12.9. The molecule has 4 nitrogen and oxygen atoms in total. The molecule has 1 aromatic rings. The standard InChI is InChI=1S/C11H13ClN2O2S/c1-2-3-6-14-17(15,16)11-5-4-9(8-13)7-10(11)12/h4-5,7,14H,2-3,6H2,1H3. The molecule has 0 amide bonds. The quantitative estimate of drug-likeness (QED) is 0.836. The Kier molecular flexibility index (Phi) is 4.94. The van der Waals surface area contributed by atoms with Gasteiger partial charge in [0.25, 0.3) is 0 Å². The predicted molar refractivity (Wildman–Crippen MR) is 66.3 cm³/mol. The first-order valence-electron chi connectivity index (χ1n) is 5.20. The molecule has 0 spiro atoms. The molecule has 6 heteroatoms. The van der Waals surface area contributed by atoms with Crippen molar-refractivity contribution in [1.29, 1.82) is 5.26 Å². The molecule has 0 heterocycles. The molecule has 0 fully saturated rings. The van der Waals surface area contributed by atoms with Crippen molar-refractivity contribution < 1.29 is 8.42 Å². The van der Waals surface area contributed by atoms with E-state index in [1.54, 1.807) is 0 Å². The van der Waals surface area contributed by atoms with Crippen LogP contribution in [0.1, 0.15) is 25.3 Å². The Hall–Kier alpha value is -1.09. The van der Waals surface area contributed by atoms with Crippen molar-refractivity contribution in [3.63, 3.8) is 0 Å². The lowest BCUT2D eigenvalue weighted by atomic mass is 10.2. The van der Waals surface area contributed by atoms with E-state index in [0.717, 1.165) is 12.8 Å². The maximum atomic E-state index is 11.8. The van der Waals surface area contributed by atoms with Gasteiger partial charge in [0.1, 0.15) is 4.90 Å². The summed E-state index contributed by atoms with van der Waals surface area (Å²) in [7, 11) is -3.58. The normalized spacial score (nSPS) is 11.1. The number of nitrogens with zero attached hydrogens (tertiary/aromatic N) is 1. The number of halogens is 1. The summed E-state index contributed by atoms with van der Waals surface area (Å²) in [4.78, 5) is 0.00858. The lowest BCUT2D eigenvalue weighted by molar-refractivity contribution is 0.578. The predicted octanol–water partition coefficient (Wildman–Crippen LogP) is 2.29. The average molecular weight is 273 g/mol. The van der Waals surface area contributed by atoms with Crippen LogP contribution < -0.4 is 4.72 Å². The Labute approximate surface area is 106 Å². The molecule has 0 unspecified atom stereocenters. The Bertz CT molecular complexity index is 535. The summed E-state index contributed by atoms with van der Waals surface area (Å²) in [5, 5.41) is 8.72. The Balaban J connectivity index is 2.96. The third kappa shape index (κ3) is 3.70. The molecule has 1 rings (SSSR count). The van der Waals surface area contributed by atoms with Gasteiger partial charge in [0, 0.05) is 6.54 Å². The lowest BCUT2D eigenvalue weighted by Gasteiger charge is -2.07. The molecule has 1 aromatic carbocycles. The molecule has 0 saturated carbocycles. The second-order valence-electron chi connectivity index (χ2n) is 3.51. The van der Waals surface area contributed by atoms with E-state index in [1.807, 2.05) is 13.0 Å². The highest BCUT2D eigenvalue weighted by atomic mass is 35.5. The Morgan fingerprint density at radius 2 is 2.18 bits per heavy atom. The summed E-state index contributed by atoms with van der Waals surface area (Å²) >= 11 is 5.84. The number of hydrogen-bond acceptors (Lipinski definition) is 3. The molecule has 0 saturated heterocycles. The lowest BCUT2D eigenvalue weighted by Crippen LogP contribution is -2.25. The van der Waals surface area contributed by atoms with Gasteiger partial charge >= 0.3 is 0 Å². The molecule has 0 atom stereocenters. The van der Waals surface area contributed by atoms with Crippen LogP contribution in [0, 0.1) is 11.3 Å². The second kappa shape index (κ2) is 6.01. The maximum absolute atomic E-state index is 11.8. The van der Waals surface area contributed by atoms with E-state index >= 15 is 0 Å². The SMILES string of the molecule is CCCCNS(=O)(=O)c1ccc(C#N)cc1Cl. The van der Waals surface area contributed by atoms with Crippen molar-refractivity contribution >= 4 is 21.6 Å². The minimum Gasteiger partial charge on any atom is -0.211 e. The number of nitriles is 1. The van der Waals surface area contributed by atoms with Crippen molar-refractivity contribution in [2.75, 3.05) is 6.54 Å². The van der Waals surface area contributed by atoms with Crippen molar-refractivity contribution in [2.24, 2.45) is 0 Å². The van der Waals surface area contributed by atoms with Crippen molar-refractivity contribution in [3.8, 4) is 6.07 Å². The summed E-state index contributed by atoms with van der Waals surface area (Å²) in [6, 6.07) is 6.02. The molecule has 17 heavy (non-hydrogen) atoms. The zero-order valence-corrected chi connectivity index (χ0v) is 11.0. The van der Waals surface area contributed by atoms with Gasteiger partial charge in [-0.2, -0.15) is 5.26 Å². The second-order valence-corrected chi connectivity index (χ2v) is 5.65. The fourth-order valence-corrected chi connectivity index (χ4v) is 2.87. The molecule has 0 radical (unpaired) electrons. The molecule has 0 aliphatic heterocycles. The van der Waals surface area contributed by atoms with Crippen LogP contribution >= 0.6 is 11.6 Å². The van der Waals surface area contributed by atoms with E-state index in [1.165, 1.54) is 18.2 Å². The number of hydrogen-bond donors (Lipinski definition) is 1.